The van der Waals surface area contributed by atoms with Gasteiger partial charge >= 0.3 is 0 Å². The van der Waals surface area contributed by atoms with Crippen LogP contribution in [0.2, 0.25) is 0 Å². The minimum absolute atomic E-state index is 0.506. The first-order valence-corrected chi connectivity index (χ1v) is 18.7. The molecule has 0 aliphatic heterocycles. The summed E-state index contributed by atoms with van der Waals surface area (Å²) in [5.74, 6) is 0. The summed E-state index contributed by atoms with van der Waals surface area (Å²) in [7, 11) is 0. The largest absolute Gasteiger partial charge is 0.310 e. The molecule has 0 unspecified atom stereocenters. The van der Waals surface area contributed by atoms with E-state index in [0.717, 1.165) is 17.1 Å². The molecule has 0 aromatic heterocycles. The molecule has 9 aromatic rings. The molecule has 0 heterocycles. The average molecular weight is 688 g/mol. The van der Waals surface area contributed by atoms with Crippen LogP contribution in [-0.4, -0.2) is 0 Å². The van der Waals surface area contributed by atoms with Crippen molar-refractivity contribution in [2.45, 2.75) is 5.41 Å². The highest BCUT2D eigenvalue weighted by Gasteiger charge is 2.46. The van der Waals surface area contributed by atoms with Crippen LogP contribution in [0.25, 0.3) is 44.2 Å². The van der Waals surface area contributed by atoms with Crippen molar-refractivity contribution in [1.29, 1.82) is 0 Å². The molecule has 10 rings (SSSR count). The fraction of sp³-hybridized carbons (Fsp3) is 0.0189. The van der Waals surface area contributed by atoms with Gasteiger partial charge in [0.25, 0.3) is 0 Å². The van der Waals surface area contributed by atoms with E-state index in [0.29, 0.717) is 0 Å². The van der Waals surface area contributed by atoms with Gasteiger partial charge in [-0.15, -0.1) is 0 Å². The number of nitrogens with zero attached hydrogens (tertiary/aromatic N) is 1. The van der Waals surface area contributed by atoms with Crippen LogP contribution in [0.15, 0.2) is 224 Å². The van der Waals surface area contributed by atoms with E-state index in [9.17, 15) is 0 Å². The van der Waals surface area contributed by atoms with Crippen molar-refractivity contribution in [2.24, 2.45) is 0 Å². The minimum Gasteiger partial charge on any atom is -0.310 e. The summed E-state index contributed by atoms with van der Waals surface area (Å²) in [6.45, 7) is 0. The second-order valence-corrected chi connectivity index (χ2v) is 14.1. The molecule has 1 aliphatic carbocycles. The van der Waals surface area contributed by atoms with Crippen LogP contribution in [0.1, 0.15) is 22.3 Å². The maximum atomic E-state index is 2.48. The highest BCUT2D eigenvalue weighted by Crippen LogP contribution is 2.57. The predicted octanol–water partition coefficient (Wildman–Crippen LogP) is 14.0. The molecule has 0 fully saturated rings. The number of rotatable bonds is 7. The predicted molar refractivity (Wildman–Crippen MR) is 227 cm³/mol. The first-order valence-electron chi connectivity index (χ1n) is 18.7. The quantitative estimate of drug-likeness (QED) is 0.161. The maximum absolute atomic E-state index is 2.48. The van der Waals surface area contributed by atoms with Gasteiger partial charge in [-0.3, -0.25) is 0 Å². The van der Waals surface area contributed by atoms with Crippen LogP contribution >= 0.6 is 0 Å². The number of anilines is 3. The third-order valence-electron chi connectivity index (χ3n) is 11.1. The molecule has 0 spiro atoms. The molecule has 0 saturated carbocycles. The Morgan fingerprint density at radius 1 is 0.333 bits per heavy atom. The Bertz CT molecular complexity index is 2710. The van der Waals surface area contributed by atoms with Gasteiger partial charge < -0.3 is 4.90 Å². The van der Waals surface area contributed by atoms with Crippen molar-refractivity contribution in [3.05, 3.63) is 247 Å². The van der Waals surface area contributed by atoms with E-state index in [4.69, 9.17) is 0 Å². The molecular formula is C53H37N. The minimum atomic E-state index is -0.506. The summed E-state index contributed by atoms with van der Waals surface area (Å²) in [6.07, 6.45) is 0. The summed E-state index contributed by atoms with van der Waals surface area (Å²) < 4.78 is 0. The molecule has 54 heavy (non-hydrogen) atoms. The highest BCUT2D eigenvalue weighted by atomic mass is 15.1. The smallest absolute Gasteiger partial charge is 0.0714 e. The van der Waals surface area contributed by atoms with Crippen LogP contribution in [0, 0.1) is 0 Å². The normalized spacial score (nSPS) is 12.6. The molecule has 0 amide bonds. The Labute approximate surface area is 317 Å². The molecule has 1 nitrogen and oxygen atoms in total. The van der Waals surface area contributed by atoms with Gasteiger partial charge in [-0.1, -0.05) is 194 Å². The van der Waals surface area contributed by atoms with Gasteiger partial charge in [-0.2, -0.15) is 0 Å². The molecular weight excluding hydrogens is 651 g/mol. The summed E-state index contributed by atoms with van der Waals surface area (Å²) in [5, 5.41) is 2.44. The average Bonchev–Trinajstić information content (AvgIpc) is 3.55. The third kappa shape index (κ3) is 5.09. The lowest BCUT2D eigenvalue weighted by Gasteiger charge is -2.35. The summed E-state index contributed by atoms with van der Waals surface area (Å²) in [6, 6.07) is 82.1. The van der Waals surface area contributed by atoms with Crippen molar-refractivity contribution in [3.8, 4) is 33.4 Å². The number of fused-ring (bicyclic) bond motifs is 4. The van der Waals surface area contributed by atoms with Gasteiger partial charge in [0, 0.05) is 16.9 Å². The standard InChI is InChI=1S/C53H37N/c1-5-18-38(19-6-1)41-23-17-28-44(36-41)54(51-35-32-39-20-13-14-29-46(39)52(51)40-21-7-2-8-22-40)45-33-34-48-47-30-15-16-31-49(47)53(50(48)37-45,42-24-9-3-10-25-42)43-26-11-4-12-27-43/h1-37H. The molecule has 0 saturated heterocycles. The van der Waals surface area contributed by atoms with Crippen molar-refractivity contribution in [3.63, 3.8) is 0 Å². The zero-order valence-corrected chi connectivity index (χ0v) is 29.8. The summed E-state index contributed by atoms with van der Waals surface area (Å²) >= 11 is 0. The first kappa shape index (κ1) is 31.7. The Balaban J connectivity index is 1.29. The molecule has 0 N–H and O–H groups in total. The topological polar surface area (TPSA) is 3.24 Å². The van der Waals surface area contributed by atoms with E-state index < -0.39 is 5.41 Å². The van der Waals surface area contributed by atoms with Crippen molar-refractivity contribution < 1.29 is 0 Å². The van der Waals surface area contributed by atoms with E-state index in [-0.39, 0.29) is 0 Å². The molecule has 254 valence electrons. The molecule has 1 aliphatic rings. The van der Waals surface area contributed by atoms with Crippen LogP contribution in [0.4, 0.5) is 17.1 Å². The van der Waals surface area contributed by atoms with Crippen molar-refractivity contribution >= 4 is 27.8 Å². The van der Waals surface area contributed by atoms with Crippen LogP contribution < -0.4 is 4.90 Å². The lowest BCUT2D eigenvalue weighted by molar-refractivity contribution is 0.768. The molecule has 0 bridgehead atoms. The first-order chi connectivity index (χ1) is 26.8. The molecule has 0 atom stereocenters. The zero-order valence-electron chi connectivity index (χ0n) is 29.8. The van der Waals surface area contributed by atoms with Crippen LogP contribution in [0.5, 0.6) is 0 Å². The van der Waals surface area contributed by atoms with Gasteiger partial charge in [-0.25, -0.2) is 0 Å². The van der Waals surface area contributed by atoms with Crippen molar-refractivity contribution in [1.82, 2.24) is 0 Å². The van der Waals surface area contributed by atoms with Gasteiger partial charge in [-0.05, 0) is 91.2 Å². The van der Waals surface area contributed by atoms with Crippen LogP contribution in [0.3, 0.4) is 0 Å². The van der Waals surface area contributed by atoms with E-state index in [2.05, 4.69) is 229 Å². The fourth-order valence-electron chi connectivity index (χ4n) is 8.81. The second-order valence-electron chi connectivity index (χ2n) is 14.1. The lowest BCUT2D eigenvalue weighted by atomic mass is 9.67. The van der Waals surface area contributed by atoms with E-state index >= 15 is 0 Å². The molecule has 0 radical (unpaired) electrons. The Kier molecular flexibility index (Phi) is 7.78. The number of hydrogen-bond acceptors (Lipinski definition) is 1. The SMILES string of the molecule is c1ccc(-c2cccc(N(c3ccc4c(c3)C(c3ccccc3)(c3ccccc3)c3ccccc3-4)c3ccc4ccccc4c3-c3ccccc3)c2)cc1. The van der Waals surface area contributed by atoms with Gasteiger partial charge in [0.05, 0.1) is 11.1 Å². The van der Waals surface area contributed by atoms with Gasteiger partial charge in [0.1, 0.15) is 0 Å². The maximum Gasteiger partial charge on any atom is 0.0714 e. The highest BCUT2D eigenvalue weighted by molar-refractivity contribution is 6.05. The summed E-state index contributed by atoms with van der Waals surface area (Å²) in [4.78, 5) is 2.48. The molecule has 1 heteroatoms. The van der Waals surface area contributed by atoms with Gasteiger partial charge in [0.2, 0.25) is 0 Å². The van der Waals surface area contributed by atoms with E-state index in [1.165, 1.54) is 66.4 Å². The lowest BCUT2D eigenvalue weighted by Crippen LogP contribution is -2.28. The summed E-state index contributed by atoms with van der Waals surface area (Å²) in [5.41, 5.74) is 15.2. The van der Waals surface area contributed by atoms with Crippen molar-refractivity contribution in [2.75, 3.05) is 4.90 Å². The Morgan fingerprint density at radius 2 is 0.889 bits per heavy atom. The van der Waals surface area contributed by atoms with Gasteiger partial charge in [0.15, 0.2) is 0 Å². The third-order valence-corrected chi connectivity index (χ3v) is 11.1. The second kappa shape index (κ2) is 13.2. The Morgan fingerprint density at radius 3 is 1.61 bits per heavy atom. The van der Waals surface area contributed by atoms with Crippen LogP contribution in [-0.2, 0) is 5.41 Å². The van der Waals surface area contributed by atoms with E-state index in [1.54, 1.807) is 0 Å². The monoisotopic (exact) mass is 687 g/mol. The van der Waals surface area contributed by atoms with E-state index in [1.807, 2.05) is 0 Å². The number of benzene rings is 9. The zero-order chi connectivity index (χ0) is 35.9. The fourth-order valence-corrected chi connectivity index (χ4v) is 8.81. The number of hydrogen-bond donors (Lipinski definition) is 0. The Hall–Kier alpha value is -6.96. The molecule has 9 aromatic carbocycles.